The van der Waals surface area contributed by atoms with E-state index in [-0.39, 0.29) is 11.4 Å². The Kier molecular flexibility index (Phi) is 4.40. The molecule has 0 aliphatic carbocycles. The smallest absolute Gasteiger partial charge is 0.123 e. The third-order valence-electron chi connectivity index (χ3n) is 4.10. The van der Waals surface area contributed by atoms with E-state index in [9.17, 15) is 4.39 Å². The number of benzene rings is 1. The van der Waals surface area contributed by atoms with E-state index in [1.54, 1.807) is 25.4 Å². The molecule has 1 fully saturated rings. The fraction of sp³-hybridized carbons (Fsp3) is 0.438. The van der Waals surface area contributed by atoms with Gasteiger partial charge in [0, 0.05) is 38.6 Å². The van der Waals surface area contributed by atoms with Crippen molar-refractivity contribution in [2.75, 3.05) is 26.8 Å². The summed E-state index contributed by atoms with van der Waals surface area (Å²) in [5.74, 6) is 0.394. The summed E-state index contributed by atoms with van der Waals surface area (Å²) >= 11 is 0. The van der Waals surface area contributed by atoms with Crippen molar-refractivity contribution in [2.24, 2.45) is 0 Å². The number of halogens is 1. The first-order valence-electron chi connectivity index (χ1n) is 7.33. The molecule has 0 saturated carbocycles. The van der Waals surface area contributed by atoms with Crippen molar-refractivity contribution in [2.45, 2.75) is 18.6 Å². The molecule has 1 atom stereocenters. The van der Waals surface area contributed by atoms with Gasteiger partial charge in [-0.25, -0.2) is 4.39 Å². The predicted octanol–water partition coefficient (Wildman–Crippen LogP) is 2.22. The van der Waals surface area contributed by atoms with Crippen LogP contribution in [0.3, 0.4) is 0 Å². The summed E-state index contributed by atoms with van der Waals surface area (Å²) in [6, 6.07) is 8.04. The molecular formula is C16H20FN3O2. The molecule has 3 rings (SSSR count). The summed E-state index contributed by atoms with van der Waals surface area (Å²) < 4.78 is 24.4. The van der Waals surface area contributed by atoms with Crippen LogP contribution in [0.5, 0.6) is 5.75 Å². The number of likely N-dealkylation sites (tertiary alicyclic amines) is 1. The van der Waals surface area contributed by atoms with E-state index < -0.39 is 0 Å². The minimum atomic E-state index is -0.325. The molecule has 1 aromatic heterocycles. The maximum Gasteiger partial charge on any atom is 0.123 e. The number of aromatic nitrogens is 2. The van der Waals surface area contributed by atoms with Crippen LogP contribution >= 0.6 is 0 Å². The summed E-state index contributed by atoms with van der Waals surface area (Å²) in [4.78, 5) is 2.31. The first-order valence-corrected chi connectivity index (χ1v) is 7.33. The Bertz CT molecular complexity index is 588. The molecule has 118 valence electrons. The highest BCUT2D eigenvalue weighted by molar-refractivity contribution is 5.22. The van der Waals surface area contributed by atoms with Crippen LogP contribution < -0.4 is 4.74 Å². The number of nitrogens with one attached hydrogen (secondary N) is 1. The molecular weight excluding hydrogens is 285 g/mol. The highest BCUT2D eigenvalue weighted by atomic mass is 19.1. The number of nitrogens with zero attached hydrogens (tertiary/aromatic N) is 2. The lowest BCUT2D eigenvalue weighted by Crippen LogP contribution is -2.41. The Morgan fingerprint density at radius 2 is 2.14 bits per heavy atom. The Labute approximate surface area is 129 Å². The van der Waals surface area contributed by atoms with E-state index in [0.29, 0.717) is 12.4 Å². The Hall–Kier alpha value is -1.92. The van der Waals surface area contributed by atoms with E-state index in [4.69, 9.17) is 9.47 Å². The fourth-order valence-electron chi connectivity index (χ4n) is 2.77. The summed E-state index contributed by atoms with van der Waals surface area (Å²) in [5.41, 5.74) is 0.764. The quantitative estimate of drug-likeness (QED) is 0.889. The lowest BCUT2D eigenvalue weighted by molar-refractivity contribution is -0.0360. The van der Waals surface area contributed by atoms with Crippen molar-refractivity contribution in [1.82, 2.24) is 15.1 Å². The molecule has 0 bridgehead atoms. The highest BCUT2D eigenvalue weighted by Crippen LogP contribution is 2.27. The van der Waals surface area contributed by atoms with Crippen LogP contribution in [0.25, 0.3) is 0 Å². The van der Waals surface area contributed by atoms with Crippen LogP contribution in [0.2, 0.25) is 0 Å². The second-order valence-electron chi connectivity index (χ2n) is 5.67. The summed E-state index contributed by atoms with van der Waals surface area (Å²) in [5, 5.41) is 6.94. The highest BCUT2D eigenvalue weighted by Gasteiger charge is 2.39. The standard InChI is InChI=1S/C16H20FN3O2/c1-21-16(12-22-15-4-2-13(17)3-5-15)7-9-20(11-16)10-14-6-8-18-19-14/h2-6,8H,7,9-12H2,1H3,(H,18,19)/t16-/m1/s1. The molecule has 6 heteroatoms. The van der Waals surface area contributed by atoms with Crippen molar-refractivity contribution in [3.8, 4) is 5.75 Å². The third kappa shape index (κ3) is 3.45. The van der Waals surface area contributed by atoms with Crippen LogP contribution in [0.1, 0.15) is 12.1 Å². The number of methoxy groups -OCH3 is 1. The van der Waals surface area contributed by atoms with Gasteiger partial charge in [0.1, 0.15) is 23.8 Å². The molecule has 5 nitrogen and oxygen atoms in total. The van der Waals surface area contributed by atoms with Crippen molar-refractivity contribution in [3.63, 3.8) is 0 Å². The number of H-pyrrole nitrogens is 1. The molecule has 1 aliphatic rings. The zero-order chi connectivity index (χ0) is 15.4. The SMILES string of the molecule is CO[C@]1(COc2ccc(F)cc2)CCN(Cc2ccn[nH]2)C1. The van der Waals surface area contributed by atoms with Gasteiger partial charge in [-0.2, -0.15) is 5.10 Å². The first-order chi connectivity index (χ1) is 10.7. The number of aromatic amines is 1. The topological polar surface area (TPSA) is 50.4 Å². The zero-order valence-electron chi connectivity index (χ0n) is 12.6. The first kappa shape index (κ1) is 15.0. The summed E-state index contributed by atoms with van der Waals surface area (Å²) in [6.07, 6.45) is 2.66. The molecule has 1 N–H and O–H groups in total. The van der Waals surface area contributed by atoms with E-state index >= 15 is 0 Å². The average Bonchev–Trinajstić information content (AvgIpc) is 3.18. The normalized spacial score (nSPS) is 22.1. The summed E-state index contributed by atoms with van der Waals surface area (Å²) in [7, 11) is 1.72. The maximum absolute atomic E-state index is 12.9. The predicted molar refractivity (Wildman–Crippen MR) is 80.1 cm³/mol. The second kappa shape index (κ2) is 6.46. The van der Waals surface area contributed by atoms with Gasteiger partial charge in [0.2, 0.25) is 0 Å². The van der Waals surface area contributed by atoms with Crippen LogP contribution in [-0.2, 0) is 11.3 Å². The van der Waals surface area contributed by atoms with Gasteiger partial charge in [-0.15, -0.1) is 0 Å². The van der Waals surface area contributed by atoms with Crippen LogP contribution in [0.4, 0.5) is 4.39 Å². The van der Waals surface area contributed by atoms with Crippen molar-refractivity contribution in [1.29, 1.82) is 0 Å². The van der Waals surface area contributed by atoms with E-state index in [1.165, 1.54) is 12.1 Å². The molecule has 0 unspecified atom stereocenters. The lowest BCUT2D eigenvalue weighted by Gasteiger charge is -2.28. The van der Waals surface area contributed by atoms with Gasteiger partial charge in [0.25, 0.3) is 0 Å². The van der Waals surface area contributed by atoms with Gasteiger partial charge < -0.3 is 9.47 Å². The number of rotatable bonds is 6. The maximum atomic E-state index is 12.9. The van der Waals surface area contributed by atoms with Gasteiger partial charge in [-0.1, -0.05) is 0 Å². The summed E-state index contributed by atoms with van der Waals surface area (Å²) in [6.45, 7) is 3.01. The number of ether oxygens (including phenoxy) is 2. The Balaban J connectivity index is 1.57. The van der Waals surface area contributed by atoms with Crippen LogP contribution in [-0.4, -0.2) is 47.5 Å². The molecule has 2 aromatic rings. The van der Waals surface area contributed by atoms with E-state index in [1.807, 2.05) is 6.07 Å². The van der Waals surface area contributed by atoms with Crippen molar-refractivity contribution >= 4 is 0 Å². The average molecular weight is 305 g/mol. The third-order valence-corrected chi connectivity index (χ3v) is 4.10. The molecule has 1 aromatic carbocycles. The number of hydrogen-bond acceptors (Lipinski definition) is 4. The molecule has 0 amide bonds. The van der Waals surface area contributed by atoms with Crippen LogP contribution in [0.15, 0.2) is 36.5 Å². The molecule has 1 saturated heterocycles. The molecule has 1 aliphatic heterocycles. The van der Waals surface area contributed by atoms with Gasteiger partial charge in [-0.3, -0.25) is 10.00 Å². The molecule has 22 heavy (non-hydrogen) atoms. The van der Waals surface area contributed by atoms with Gasteiger partial charge in [-0.05, 0) is 36.8 Å². The minimum Gasteiger partial charge on any atom is -0.491 e. The fourth-order valence-corrected chi connectivity index (χ4v) is 2.77. The lowest BCUT2D eigenvalue weighted by atomic mass is 10.0. The minimum absolute atomic E-state index is 0.264. The second-order valence-corrected chi connectivity index (χ2v) is 5.67. The van der Waals surface area contributed by atoms with Crippen LogP contribution in [0, 0.1) is 5.82 Å². The van der Waals surface area contributed by atoms with Crippen molar-refractivity contribution < 1.29 is 13.9 Å². The van der Waals surface area contributed by atoms with Crippen molar-refractivity contribution in [3.05, 3.63) is 48.0 Å². The monoisotopic (exact) mass is 305 g/mol. The Morgan fingerprint density at radius 1 is 1.32 bits per heavy atom. The van der Waals surface area contributed by atoms with Gasteiger partial charge in [0.05, 0.1) is 0 Å². The Morgan fingerprint density at radius 3 is 2.82 bits per heavy atom. The molecule has 0 spiro atoms. The molecule has 0 radical (unpaired) electrons. The van der Waals surface area contributed by atoms with Gasteiger partial charge >= 0.3 is 0 Å². The van der Waals surface area contributed by atoms with Gasteiger partial charge in [0.15, 0.2) is 0 Å². The zero-order valence-corrected chi connectivity index (χ0v) is 12.6. The number of hydrogen-bond donors (Lipinski definition) is 1. The molecule has 2 heterocycles. The van der Waals surface area contributed by atoms with E-state index in [2.05, 4.69) is 15.1 Å². The largest absolute Gasteiger partial charge is 0.491 e. The van der Waals surface area contributed by atoms with E-state index in [0.717, 1.165) is 31.7 Å².